The van der Waals surface area contributed by atoms with E-state index in [0.717, 1.165) is 49.7 Å². The van der Waals surface area contributed by atoms with Crippen LogP contribution in [0.4, 0.5) is 0 Å². The number of benzene rings is 1. The lowest BCUT2D eigenvalue weighted by Gasteiger charge is -2.34. The van der Waals surface area contributed by atoms with E-state index in [9.17, 15) is 13.2 Å². The molecule has 1 aromatic carbocycles. The van der Waals surface area contributed by atoms with Gasteiger partial charge in [0.25, 0.3) is 5.56 Å². The Hall–Kier alpha value is -2.66. The minimum Gasteiger partial charge on any atom is -0.493 e. The van der Waals surface area contributed by atoms with Crippen LogP contribution in [0.2, 0.25) is 0 Å². The fourth-order valence-electron chi connectivity index (χ4n) is 5.37. The van der Waals surface area contributed by atoms with Gasteiger partial charge in [-0.15, -0.1) is 0 Å². The van der Waals surface area contributed by atoms with Crippen molar-refractivity contribution in [1.29, 1.82) is 0 Å². The van der Waals surface area contributed by atoms with Gasteiger partial charge in [0.1, 0.15) is 11.3 Å². The zero-order chi connectivity index (χ0) is 26.3. The maximum absolute atomic E-state index is 13.7. The fourth-order valence-corrected chi connectivity index (χ4v) is 6.87. The molecular weight excluding hydrogens is 506 g/mol. The second kappa shape index (κ2) is 10.5. The van der Waals surface area contributed by atoms with E-state index in [2.05, 4.69) is 4.98 Å². The molecule has 3 aliphatic rings. The van der Waals surface area contributed by atoms with Gasteiger partial charge in [-0.1, -0.05) is 0 Å². The molecule has 204 valence electrons. The van der Waals surface area contributed by atoms with E-state index < -0.39 is 10.0 Å². The number of hydrogen-bond donors (Lipinski definition) is 1. The maximum Gasteiger partial charge on any atom is 0.274 e. The summed E-state index contributed by atoms with van der Waals surface area (Å²) in [5, 5.41) is 0.738. The van der Waals surface area contributed by atoms with Crippen LogP contribution >= 0.6 is 0 Å². The predicted molar refractivity (Wildman–Crippen MR) is 144 cm³/mol. The van der Waals surface area contributed by atoms with Crippen LogP contribution in [0.15, 0.2) is 46.3 Å². The fraction of sp³-hybridized carbons (Fsp3) is 0.536. The predicted octanol–water partition coefficient (Wildman–Crippen LogP) is 4.02. The Balaban J connectivity index is 1.28. The van der Waals surface area contributed by atoms with Crippen LogP contribution in [0.3, 0.4) is 0 Å². The van der Waals surface area contributed by atoms with Crippen LogP contribution < -0.4 is 10.3 Å². The average molecular weight is 542 g/mol. The maximum atomic E-state index is 13.7. The largest absolute Gasteiger partial charge is 0.493 e. The number of hydrogen-bond acceptors (Lipinski definition) is 6. The summed E-state index contributed by atoms with van der Waals surface area (Å²) in [5.74, 6) is 1.16. The van der Waals surface area contributed by atoms with E-state index in [1.54, 1.807) is 41.9 Å². The second-order valence-electron chi connectivity index (χ2n) is 10.7. The molecule has 6 rings (SSSR count). The first-order valence-corrected chi connectivity index (χ1v) is 15.1. The molecule has 1 atom stereocenters. The number of aryl methyl sites for hydroxylation is 1. The number of piperidine rings is 1. The quantitative estimate of drug-likeness (QED) is 0.462. The molecule has 0 bridgehead atoms. The molecule has 4 heterocycles. The molecule has 0 amide bonds. The molecule has 1 saturated carbocycles. The molecule has 2 saturated heterocycles. The summed E-state index contributed by atoms with van der Waals surface area (Å²) >= 11 is 0. The van der Waals surface area contributed by atoms with E-state index in [-0.39, 0.29) is 22.8 Å². The summed E-state index contributed by atoms with van der Waals surface area (Å²) in [6, 6.07) is 6.93. The Morgan fingerprint density at radius 1 is 1.05 bits per heavy atom. The van der Waals surface area contributed by atoms with Gasteiger partial charge >= 0.3 is 0 Å². The number of H-pyrrole nitrogens is 1. The van der Waals surface area contributed by atoms with Crippen molar-refractivity contribution >= 4 is 20.9 Å². The highest BCUT2D eigenvalue weighted by atomic mass is 32.2. The number of nitrogens with zero attached hydrogens (tertiary/aromatic N) is 2. The van der Waals surface area contributed by atoms with E-state index in [4.69, 9.17) is 14.2 Å². The average Bonchev–Trinajstić information content (AvgIpc) is 3.63. The summed E-state index contributed by atoms with van der Waals surface area (Å²) in [4.78, 5) is 15.9. The zero-order valence-corrected chi connectivity index (χ0v) is 22.5. The van der Waals surface area contributed by atoms with Gasteiger partial charge in [0.05, 0.1) is 17.6 Å². The molecule has 1 unspecified atom stereocenters. The van der Waals surface area contributed by atoms with Crippen LogP contribution in [-0.2, 0) is 26.5 Å². The summed E-state index contributed by atoms with van der Waals surface area (Å²) in [6.07, 6.45) is 9.96. The number of sulfonamides is 1. The van der Waals surface area contributed by atoms with Crippen LogP contribution in [-0.4, -0.2) is 61.0 Å². The number of aromatic nitrogens is 2. The van der Waals surface area contributed by atoms with Crippen molar-refractivity contribution in [2.45, 2.75) is 62.2 Å². The molecule has 1 aliphatic carbocycles. The van der Waals surface area contributed by atoms with E-state index in [1.165, 1.54) is 4.57 Å². The van der Waals surface area contributed by atoms with Gasteiger partial charge in [0.2, 0.25) is 10.0 Å². The Morgan fingerprint density at radius 2 is 1.87 bits per heavy atom. The number of ether oxygens (including phenoxy) is 3. The van der Waals surface area contributed by atoms with Crippen molar-refractivity contribution in [3.63, 3.8) is 0 Å². The first-order chi connectivity index (χ1) is 18.4. The molecule has 38 heavy (non-hydrogen) atoms. The molecule has 9 nitrogen and oxygen atoms in total. The summed E-state index contributed by atoms with van der Waals surface area (Å²) in [5.41, 5.74) is 1.77. The lowest BCUT2D eigenvalue weighted by atomic mass is 10.0. The summed E-state index contributed by atoms with van der Waals surface area (Å²) in [6.45, 7) is 2.12. The van der Waals surface area contributed by atoms with Gasteiger partial charge in [-0.25, -0.2) is 8.42 Å². The van der Waals surface area contributed by atoms with Gasteiger partial charge in [-0.05, 0) is 75.1 Å². The Bertz CT molecular complexity index is 1460. The molecule has 10 heteroatoms. The number of rotatable bonds is 8. The van der Waals surface area contributed by atoms with Crippen LogP contribution in [0, 0.1) is 5.92 Å². The van der Waals surface area contributed by atoms with Gasteiger partial charge in [0, 0.05) is 55.7 Å². The van der Waals surface area contributed by atoms with Crippen molar-refractivity contribution in [2.24, 2.45) is 13.0 Å². The minimum absolute atomic E-state index is 0.00536. The lowest BCUT2D eigenvalue weighted by Crippen LogP contribution is -2.42. The van der Waals surface area contributed by atoms with Gasteiger partial charge in [0.15, 0.2) is 6.29 Å². The summed E-state index contributed by atoms with van der Waals surface area (Å²) in [7, 11) is -2.03. The van der Waals surface area contributed by atoms with Gasteiger partial charge < -0.3 is 23.8 Å². The van der Waals surface area contributed by atoms with Crippen molar-refractivity contribution in [2.75, 3.05) is 26.3 Å². The van der Waals surface area contributed by atoms with Crippen LogP contribution in [0.1, 0.15) is 44.9 Å². The van der Waals surface area contributed by atoms with Gasteiger partial charge in [-0.3, -0.25) is 4.79 Å². The molecule has 3 aromatic rings. The first kappa shape index (κ1) is 25.6. The highest BCUT2D eigenvalue weighted by Gasteiger charge is 2.32. The highest BCUT2D eigenvalue weighted by molar-refractivity contribution is 7.89. The number of nitrogens with one attached hydrogen (secondary N) is 1. The summed E-state index contributed by atoms with van der Waals surface area (Å²) < 4.78 is 48.5. The van der Waals surface area contributed by atoms with Crippen molar-refractivity contribution in [1.82, 2.24) is 13.9 Å². The van der Waals surface area contributed by atoms with E-state index >= 15 is 0 Å². The topological polar surface area (TPSA) is 103 Å². The Labute approximate surface area is 222 Å². The zero-order valence-electron chi connectivity index (χ0n) is 21.7. The highest BCUT2D eigenvalue weighted by Crippen LogP contribution is 2.38. The first-order valence-electron chi connectivity index (χ1n) is 13.6. The Kier molecular flexibility index (Phi) is 7.07. The lowest BCUT2D eigenvalue weighted by molar-refractivity contribution is -0.193. The third-order valence-corrected chi connectivity index (χ3v) is 9.72. The molecular formula is C28H35N3O6S. The van der Waals surface area contributed by atoms with Gasteiger partial charge in [-0.2, -0.15) is 4.31 Å². The van der Waals surface area contributed by atoms with Crippen molar-refractivity contribution in [3.05, 3.63) is 47.0 Å². The van der Waals surface area contributed by atoms with Crippen molar-refractivity contribution < 1.29 is 22.6 Å². The number of aromatic amines is 1. The molecule has 1 N–H and O–H groups in total. The van der Waals surface area contributed by atoms with E-state index in [0.29, 0.717) is 55.3 Å². The number of pyridine rings is 1. The van der Waals surface area contributed by atoms with Crippen molar-refractivity contribution in [3.8, 4) is 16.9 Å². The third kappa shape index (κ3) is 5.14. The molecule has 2 aromatic heterocycles. The SMILES string of the molecule is Cn1cc(-c2cc(S(=O)(=O)N3CCC(OC4CCCCO4)CC3)ccc2OCC2CC2)c2cc[nH]c2c1=O. The second-order valence-corrected chi connectivity index (χ2v) is 12.6. The smallest absolute Gasteiger partial charge is 0.274 e. The van der Waals surface area contributed by atoms with Crippen LogP contribution in [0.25, 0.3) is 22.0 Å². The molecule has 0 spiro atoms. The number of fused-ring (bicyclic) bond motifs is 1. The Morgan fingerprint density at radius 3 is 2.61 bits per heavy atom. The molecule has 0 radical (unpaired) electrons. The monoisotopic (exact) mass is 541 g/mol. The molecule has 3 fully saturated rings. The normalized spacial score (nSPS) is 21.7. The molecule has 2 aliphatic heterocycles. The van der Waals surface area contributed by atoms with E-state index in [1.807, 2.05) is 6.07 Å². The standard InChI is InChI=1S/C28H35N3O6S/c1-30-17-24(22-9-12-29-27(22)28(30)32)23-16-21(7-8-25(23)36-18-19-5-6-19)38(33,34)31-13-10-20(11-14-31)37-26-4-2-3-15-35-26/h7-9,12,16-17,19-20,26,29H,2-6,10-11,13-15,18H2,1H3. The third-order valence-electron chi connectivity index (χ3n) is 7.83. The van der Waals surface area contributed by atoms with Crippen LogP contribution in [0.5, 0.6) is 5.75 Å². The minimum atomic E-state index is -3.73.